The lowest BCUT2D eigenvalue weighted by molar-refractivity contribution is -0.384. The molecule has 2 aromatic rings. The average Bonchev–Trinajstić information content (AvgIpc) is 2.30. The highest BCUT2D eigenvalue weighted by Gasteiger charge is 2.13. The lowest BCUT2D eigenvalue weighted by Gasteiger charge is -2.01. The standard InChI is InChI=1S/C11H7ClN2O2/c12-10-2-1-9(7-11(10)14(15)16)8-3-5-13-6-4-8/h1-7H. The molecule has 0 amide bonds. The summed E-state index contributed by atoms with van der Waals surface area (Å²) >= 11 is 5.72. The van der Waals surface area contributed by atoms with Gasteiger partial charge < -0.3 is 0 Å². The monoisotopic (exact) mass is 234 g/mol. The Morgan fingerprint density at radius 3 is 2.44 bits per heavy atom. The fourth-order valence-electron chi connectivity index (χ4n) is 1.38. The second-order valence-electron chi connectivity index (χ2n) is 3.16. The molecule has 80 valence electrons. The molecule has 0 spiro atoms. The maximum Gasteiger partial charge on any atom is 0.288 e. The molecule has 0 atom stereocenters. The number of pyridine rings is 1. The molecule has 1 heterocycles. The van der Waals surface area contributed by atoms with E-state index in [4.69, 9.17) is 11.6 Å². The Hall–Kier alpha value is -1.94. The molecule has 0 aliphatic heterocycles. The van der Waals surface area contributed by atoms with E-state index in [9.17, 15) is 10.1 Å². The molecular formula is C11H7ClN2O2. The van der Waals surface area contributed by atoms with Gasteiger partial charge in [0.25, 0.3) is 5.69 Å². The fraction of sp³-hybridized carbons (Fsp3) is 0. The van der Waals surface area contributed by atoms with E-state index in [0.717, 1.165) is 11.1 Å². The van der Waals surface area contributed by atoms with Crippen molar-refractivity contribution in [2.24, 2.45) is 0 Å². The minimum atomic E-state index is -0.493. The second kappa shape index (κ2) is 4.28. The Morgan fingerprint density at radius 2 is 1.81 bits per heavy atom. The first-order valence-corrected chi connectivity index (χ1v) is 4.90. The number of nitro benzene ring substituents is 1. The van der Waals surface area contributed by atoms with Gasteiger partial charge >= 0.3 is 0 Å². The van der Waals surface area contributed by atoms with Gasteiger partial charge in [-0.1, -0.05) is 17.7 Å². The highest BCUT2D eigenvalue weighted by molar-refractivity contribution is 6.32. The maximum atomic E-state index is 10.7. The van der Waals surface area contributed by atoms with Crippen molar-refractivity contribution in [3.05, 3.63) is 57.9 Å². The van der Waals surface area contributed by atoms with Gasteiger partial charge in [-0.25, -0.2) is 0 Å². The number of nitrogens with zero attached hydrogens (tertiary/aromatic N) is 2. The Bertz CT molecular complexity index is 529. The van der Waals surface area contributed by atoms with Gasteiger partial charge in [-0.2, -0.15) is 0 Å². The number of aromatic nitrogens is 1. The van der Waals surface area contributed by atoms with Crippen molar-refractivity contribution in [1.29, 1.82) is 0 Å². The molecule has 1 aromatic carbocycles. The van der Waals surface area contributed by atoms with Gasteiger partial charge in [0.05, 0.1) is 4.92 Å². The number of benzene rings is 1. The summed E-state index contributed by atoms with van der Waals surface area (Å²) in [5, 5.41) is 10.9. The van der Waals surface area contributed by atoms with Crippen molar-refractivity contribution in [2.75, 3.05) is 0 Å². The maximum absolute atomic E-state index is 10.7. The van der Waals surface area contributed by atoms with Crippen LogP contribution < -0.4 is 0 Å². The smallest absolute Gasteiger partial charge is 0.265 e. The minimum absolute atomic E-state index is 0.0871. The van der Waals surface area contributed by atoms with Crippen molar-refractivity contribution >= 4 is 17.3 Å². The molecule has 0 unspecified atom stereocenters. The summed E-state index contributed by atoms with van der Waals surface area (Å²) in [6.45, 7) is 0. The van der Waals surface area contributed by atoms with Crippen LogP contribution in [0.25, 0.3) is 11.1 Å². The third-order valence-corrected chi connectivity index (χ3v) is 2.48. The van der Waals surface area contributed by atoms with Gasteiger partial charge in [-0.15, -0.1) is 0 Å². The van der Waals surface area contributed by atoms with E-state index in [1.165, 1.54) is 12.1 Å². The summed E-state index contributed by atoms with van der Waals surface area (Å²) in [6, 6.07) is 8.29. The topological polar surface area (TPSA) is 56.0 Å². The van der Waals surface area contributed by atoms with Crippen molar-refractivity contribution in [3.8, 4) is 11.1 Å². The molecule has 0 saturated heterocycles. The lowest BCUT2D eigenvalue weighted by Crippen LogP contribution is -1.89. The van der Waals surface area contributed by atoms with E-state index in [1.807, 2.05) is 0 Å². The molecule has 16 heavy (non-hydrogen) atoms. The van der Waals surface area contributed by atoms with Gasteiger partial charge in [0, 0.05) is 18.5 Å². The van der Waals surface area contributed by atoms with Crippen molar-refractivity contribution in [2.45, 2.75) is 0 Å². The zero-order chi connectivity index (χ0) is 11.5. The summed E-state index contributed by atoms with van der Waals surface area (Å²) in [5.41, 5.74) is 1.53. The van der Waals surface area contributed by atoms with Gasteiger partial charge in [0.1, 0.15) is 5.02 Å². The molecule has 2 rings (SSSR count). The molecule has 0 aliphatic carbocycles. The number of hydrogen-bond donors (Lipinski definition) is 0. The molecule has 0 fully saturated rings. The number of hydrogen-bond acceptors (Lipinski definition) is 3. The molecule has 4 nitrogen and oxygen atoms in total. The van der Waals surface area contributed by atoms with Crippen LogP contribution in [0.4, 0.5) is 5.69 Å². The van der Waals surface area contributed by atoms with Gasteiger partial charge in [-0.3, -0.25) is 15.1 Å². The molecule has 0 bridgehead atoms. The van der Waals surface area contributed by atoms with Crippen molar-refractivity contribution < 1.29 is 4.92 Å². The quantitative estimate of drug-likeness (QED) is 0.592. The molecule has 0 saturated carbocycles. The predicted molar refractivity (Wildman–Crippen MR) is 61.3 cm³/mol. The highest BCUT2D eigenvalue weighted by Crippen LogP contribution is 2.29. The summed E-state index contributed by atoms with van der Waals surface area (Å²) in [7, 11) is 0. The predicted octanol–water partition coefficient (Wildman–Crippen LogP) is 3.31. The Balaban J connectivity index is 2.52. The normalized spacial score (nSPS) is 10.1. The molecule has 0 N–H and O–H groups in total. The molecule has 0 aliphatic rings. The van der Waals surface area contributed by atoms with E-state index in [-0.39, 0.29) is 10.7 Å². The van der Waals surface area contributed by atoms with Crippen LogP contribution in [0.15, 0.2) is 42.7 Å². The SMILES string of the molecule is O=[N+]([O-])c1cc(-c2ccncc2)ccc1Cl. The molecular weight excluding hydrogens is 228 g/mol. The average molecular weight is 235 g/mol. The first-order chi connectivity index (χ1) is 7.68. The summed E-state index contributed by atoms with van der Waals surface area (Å²) in [5.74, 6) is 0. The zero-order valence-electron chi connectivity index (χ0n) is 8.13. The summed E-state index contributed by atoms with van der Waals surface area (Å²) in [4.78, 5) is 14.1. The van der Waals surface area contributed by atoms with Crippen LogP contribution in [0, 0.1) is 10.1 Å². The van der Waals surface area contributed by atoms with Crippen LogP contribution in [0.5, 0.6) is 0 Å². The third kappa shape index (κ3) is 2.01. The molecule has 0 radical (unpaired) electrons. The van der Waals surface area contributed by atoms with Crippen molar-refractivity contribution in [1.82, 2.24) is 4.98 Å². The van der Waals surface area contributed by atoms with E-state index < -0.39 is 4.92 Å². The second-order valence-corrected chi connectivity index (χ2v) is 3.57. The van der Waals surface area contributed by atoms with E-state index in [0.29, 0.717) is 0 Å². The lowest BCUT2D eigenvalue weighted by atomic mass is 10.1. The summed E-state index contributed by atoms with van der Waals surface area (Å²) in [6.07, 6.45) is 3.27. The first kappa shape index (κ1) is 10.6. The van der Waals surface area contributed by atoms with Crippen LogP contribution in [0.2, 0.25) is 5.02 Å². The van der Waals surface area contributed by atoms with Gasteiger partial charge in [0.15, 0.2) is 0 Å². The third-order valence-electron chi connectivity index (χ3n) is 2.16. The zero-order valence-corrected chi connectivity index (χ0v) is 8.89. The Labute approximate surface area is 96.7 Å². The highest BCUT2D eigenvalue weighted by atomic mass is 35.5. The Morgan fingerprint density at radius 1 is 1.12 bits per heavy atom. The largest absolute Gasteiger partial charge is 0.288 e. The van der Waals surface area contributed by atoms with Crippen LogP contribution >= 0.6 is 11.6 Å². The van der Waals surface area contributed by atoms with E-state index >= 15 is 0 Å². The summed E-state index contributed by atoms with van der Waals surface area (Å²) < 4.78 is 0. The first-order valence-electron chi connectivity index (χ1n) is 4.53. The van der Waals surface area contributed by atoms with E-state index in [1.54, 1.807) is 30.6 Å². The van der Waals surface area contributed by atoms with Crippen molar-refractivity contribution in [3.63, 3.8) is 0 Å². The van der Waals surface area contributed by atoms with Crippen LogP contribution in [-0.4, -0.2) is 9.91 Å². The van der Waals surface area contributed by atoms with Crippen LogP contribution in [0.3, 0.4) is 0 Å². The molecule has 1 aromatic heterocycles. The Kier molecular flexibility index (Phi) is 2.83. The number of nitro groups is 1. The van der Waals surface area contributed by atoms with Gasteiger partial charge in [-0.05, 0) is 29.3 Å². The fourth-order valence-corrected chi connectivity index (χ4v) is 1.56. The van der Waals surface area contributed by atoms with Crippen LogP contribution in [-0.2, 0) is 0 Å². The van der Waals surface area contributed by atoms with Gasteiger partial charge in [0.2, 0.25) is 0 Å². The van der Waals surface area contributed by atoms with E-state index in [2.05, 4.69) is 4.98 Å². The minimum Gasteiger partial charge on any atom is -0.265 e. The number of halogens is 1. The molecule has 5 heteroatoms. The van der Waals surface area contributed by atoms with Crippen LogP contribution in [0.1, 0.15) is 0 Å². The number of rotatable bonds is 2.